The fourth-order valence-corrected chi connectivity index (χ4v) is 4.07. The van der Waals surface area contributed by atoms with Crippen LogP contribution in [0.3, 0.4) is 0 Å². The average Bonchev–Trinajstić information content (AvgIpc) is 2.74. The maximum Gasteiger partial charge on any atom is 0.266 e. The van der Waals surface area contributed by atoms with Gasteiger partial charge in [0.25, 0.3) is 5.56 Å². The van der Waals surface area contributed by atoms with Crippen LogP contribution in [0, 0.1) is 0 Å². The fraction of sp³-hybridized carbons (Fsp3) is 0.0952. The van der Waals surface area contributed by atoms with E-state index in [2.05, 4.69) is 9.97 Å². The summed E-state index contributed by atoms with van der Waals surface area (Å²) in [5, 5.41) is 0.663. The summed E-state index contributed by atoms with van der Waals surface area (Å²) in [6.45, 7) is 0. The van der Waals surface area contributed by atoms with Crippen molar-refractivity contribution < 1.29 is 8.95 Å². The van der Waals surface area contributed by atoms with Gasteiger partial charge in [-0.3, -0.25) is 18.6 Å². The molecule has 2 aromatic heterocycles. The molecule has 0 bridgehead atoms. The van der Waals surface area contributed by atoms with E-state index in [0.29, 0.717) is 28.0 Å². The second kappa shape index (κ2) is 7.74. The van der Waals surface area contributed by atoms with Crippen LogP contribution >= 0.6 is 0 Å². The summed E-state index contributed by atoms with van der Waals surface area (Å²) in [4.78, 5) is 22.0. The number of hydrogen-bond donors (Lipinski definition) is 0. The van der Waals surface area contributed by atoms with Crippen molar-refractivity contribution in [2.75, 3.05) is 7.11 Å². The SMILES string of the molecule is COc1ccc(-n2c(S(=O)Cc3ccccn3)nc3ccccc3c2=O)cc1. The highest BCUT2D eigenvalue weighted by molar-refractivity contribution is 7.84. The van der Waals surface area contributed by atoms with E-state index in [1.54, 1.807) is 74.0 Å². The molecule has 7 heteroatoms. The molecule has 6 nitrogen and oxygen atoms in total. The standard InChI is InChI=1S/C21H17N3O3S/c1-27-17-11-9-16(10-12-17)24-20(25)18-7-2-3-8-19(18)23-21(24)28(26)14-15-6-4-5-13-22-15/h2-13H,14H2,1H3. The van der Waals surface area contributed by atoms with Crippen LogP contribution in [0.2, 0.25) is 0 Å². The Morgan fingerprint density at radius 1 is 1.00 bits per heavy atom. The van der Waals surface area contributed by atoms with E-state index in [1.165, 1.54) is 4.57 Å². The zero-order chi connectivity index (χ0) is 19.5. The number of benzene rings is 2. The predicted molar refractivity (Wildman–Crippen MR) is 108 cm³/mol. The summed E-state index contributed by atoms with van der Waals surface area (Å²) < 4.78 is 19.7. The minimum absolute atomic E-state index is 0.168. The number of hydrogen-bond acceptors (Lipinski definition) is 5. The number of fused-ring (bicyclic) bond motifs is 1. The quantitative estimate of drug-likeness (QED) is 0.489. The van der Waals surface area contributed by atoms with E-state index in [9.17, 15) is 9.00 Å². The first kappa shape index (κ1) is 18.1. The Morgan fingerprint density at radius 3 is 2.46 bits per heavy atom. The predicted octanol–water partition coefficient (Wildman–Crippen LogP) is 3.10. The lowest BCUT2D eigenvalue weighted by Crippen LogP contribution is -2.25. The Kier molecular flexibility index (Phi) is 4.99. The summed E-state index contributed by atoms with van der Waals surface area (Å²) in [7, 11) is 0.0137. The van der Waals surface area contributed by atoms with Gasteiger partial charge in [-0.05, 0) is 48.5 Å². The van der Waals surface area contributed by atoms with E-state index in [4.69, 9.17) is 4.74 Å². The van der Waals surface area contributed by atoms with Gasteiger partial charge in [-0.25, -0.2) is 4.98 Å². The van der Waals surface area contributed by atoms with Crippen LogP contribution in [0.25, 0.3) is 16.6 Å². The molecular formula is C21H17N3O3S. The molecule has 140 valence electrons. The molecule has 0 fully saturated rings. The molecule has 0 aliphatic heterocycles. The number of nitrogens with zero attached hydrogens (tertiary/aromatic N) is 3. The van der Waals surface area contributed by atoms with E-state index in [1.807, 2.05) is 6.07 Å². The first-order valence-corrected chi connectivity index (χ1v) is 9.94. The van der Waals surface area contributed by atoms with E-state index in [-0.39, 0.29) is 16.5 Å². The lowest BCUT2D eigenvalue weighted by molar-refractivity contribution is 0.414. The third kappa shape index (κ3) is 3.44. The van der Waals surface area contributed by atoms with Crippen molar-refractivity contribution in [1.29, 1.82) is 0 Å². The Hall–Kier alpha value is -3.32. The molecule has 4 aromatic rings. The van der Waals surface area contributed by atoms with Gasteiger partial charge < -0.3 is 4.74 Å². The Morgan fingerprint density at radius 2 is 1.75 bits per heavy atom. The first-order valence-electron chi connectivity index (χ1n) is 8.62. The maximum atomic E-state index is 13.2. The minimum atomic E-state index is -1.56. The maximum absolute atomic E-state index is 13.2. The molecule has 0 aliphatic rings. The van der Waals surface area contributed by atoms with Crippen LogP contribution in [0.1, 0.15) is 5.69 Å². The molecule has 1 unspecified atom stereocenters. The summed E-state index contributed by atoms with van der Waals surface area (Å²) >= 11 is 0. The molecular weight excluding hydrogens is 374 g/mol. The molecule has 2 aromatic carbocycles. The van der Waals surface area contributed by atoms with Crippen molar-refractivity contribution >= 4 is 21.7 Å². The smallest absolute Gasteiger partial charge is 0.266 e. The molecule has 28 heavy (non-hydrogen) atoms. The van der Waals surface area contributed by atoms with Crippen molar-refractivity contribution in [2.45, 2.75) is 10.9 Å². The van der Waals surface area contributed by atoms with Crippen LogP contribution in [-0.2, 0) is 16.6 Å². The fourth-order valence-electron chi connectivity index (χ4n) is 2.91. The third-order valence-electron chi connectivity index (χ3n) is 4.28. The summed E-state index contributed by atoms with van der Waals surface area (Å²) in [6.07, 6.45) is 1.65. The van der Waals surface area contributed by atoms with Gasteiger partial charge in [-0.1, -0.05) is 18.2 Å². The number of pyridine rings is 1. The van der Waals surface area contributed by atoms with Crippen LogP contribution < -0.4 is 10.3 Å². The topological polar surface area (TPSA) is 74.1 Å². The average molecular weight is 391 g/mol. The van der Waals surface area contributed by atoms with Gasteiger partial charge in [0.2, 0.25) is 5.16 Å². The van der Waals surface area contributed by atoms with E-state index < -0.39 is 10.8 Å². The molecule has 1 atom stereocenters. The van der Waals surface area contributed by atoms with Gasteiger partial charge in [0.15, 0.2) is 0 Å². The largest absolute Gasteiger partial charge is 0.497 e. The normalized spacial score (nSPS) is 12.0. The van der Waals surface area contributed by atoms with Crippen molar-refractivity contribution in [1.82, 2.24) is 14.5 Å². The molecule has 0 radical (unpaired) electrons. The lowest BCUT2D eigenvalue weighted by Gasteiger charge is -2.13. The zero-order valence-electron chi connectivity index (χ0n) is 15.1. The monoisotopic (exact) mass is 391 g/mol. The number of methoxy groups -OCH3 is 1. The van der Waals surface area contributed by atoms with Gasteiger partial charge in [0, 0.05) is 6.20 Å². The van der Waals surface area contributed by atoms with E-state index in [0.717, 1.165) is 0 Å². The van der Waals surface area contributed by atoms with Crippen LogP contribution in [0.4, 0.5) is 0 Å². The van der Waals surface area contributed by atoms with Gasteiger partial charge in [0.05, 0.1) is 45.9 Å². The first-order chi connectivity index (χ1) is 13.7. The van der Waals surface area contributed by atoms with Crippen LogP contribution in [0.15, 0.2) is 82.9 Å². The number of para-hydroxylation sites is 1. The Bertz CT molecular complexity index is 1210. The number of rotatable bonds is 5. The molecule has 0 amide bonds. The summed E-state index contributed by atoms with van der Waals surface area (Å²) in [5.74, 6) is 0.837. The second-order valence-electron chi connectivity index (χ2n) is 6.06. The highest BCUT2D eigenvalue weighted by atomic mass is 32.2. The summed E-state index contributed by atoms with van der Waals surface area (Å²) in [5.41, 5.74) is 1.50. The van der Waals surface area contributed by atoms with Crippen LogP contribution in [0.5, 0.6) is 5.75 Å². The molecule has 0 saturated heterocycles. The van der Waals surface area contributed by atoms with Crippen molar-refractivity contribution in [3.63, 3.8) is 0 Å². The Labute approximate surface area is 163 Å². The third-order valence-corrected chi connectivity index (χ3v) is 5.52. The van der Waals surface area contributed by atoms with Gasteiger partial charge in [-0.2, -0.15) is 0 Å². The molecule has 0 spiro atoms. The zero-order valence-corrected chi connectivity index (χ0v) is 15.9. The van der Waals surface area contributed by atoms with Gasteiger partial charge in [0.1, 0.15) is 5.75 Å². The van der Waals surface area contributed by atoms with Gasteiger partial charge in [-0.15, -0.1) is 0 Å². The molecule has 0 N–H and O–H groups in total. The summed E-state index contributed by atoms with van der Waals surface area (Å²) in [6, 6.07) is 19.5. The van der Waals surface area contributed by atoms with Crippen molar-refractivity contribution in [3.05, 3.63) is 89.0 Å². The molecule has 2 heterocycles. The van der Waals surface area contributed by atoms with Crippen LogP contribution in [-0.4, -0.2) is 25.9 Å². The Balaban J connectivity index is 1.90. The highest BCUT2D eigenvalue weighted by Gasteiger charge is 2.18. The van der Waals surface area contributed by atoms with Gasteiger partial charge >= 0.3 is 0 Å². The number of ether oxygens (including phenoxy) is 1. The molecule has 0 saturated carbocycles. The minimum Gasteiger partial charge on any atom is -0.497 e. The van der Waals surface area contributed by atoms with Crippen molar-refractivity contribution in [3.8, 4) is 11.4 Å². The lowest BCUT2D eigenvalue weighted by atomic mass is 10.2. The van der Waals surface area contributed by atoms with E-state index >= 15 is 0 Å². The number of aromatic nitrogens is 3. The second-order valence-corrected chi connectivity index (χ2v) is 7.41. The highest BCUT2D eigenvalue weighted by Crippen LogP contribution is 2.19. The molecule has 4 rings (SSSR count). The van der Waals surface area contributed by atoms with Crippen molar-refractivity contribution in [2.24, 2.45) is 0 Å². The molecule has 0 aliphatic carbocycles.